The first-order chi connectivity index (χ1) is 12.3. The molecule has 3 rings (SSSR count). The SMILES string of the molecule is O=C(CCC(=O)N1CCc2sccc2C1)Nc1cccc(S(=O)(=O)F)c1. The molecule has 138 valence electrons. The van der Waals surface area contributed by atoms with E-state index in [4.69, 9.17) is 0 Å². The lowest BCUT2D eigenvalue weighted by atomic mass is 10.1. The monoisotopic (exact) mass is 396 g/mol. The molecule has 2 aromatic rings. The molecule has 1 aromatic carbocycles. The van der Waals surface area contributed by atoms with Crippen molar-refractivity contribution in [3.63, 3.8) is 0 Å². The lowest BCUT2D eigenvalue weighted by molar-refractivity contribution is -0.133. The first kappa shape index (κ1) is 18.5. The van der Waals surface area contributed by atoms with Gasteiger partial charge in [-0.1, -0.05) is 6.07 Å². The Hall–Kier alpha value is -2.26. The van der Waals surface area contributed by atoms with Crippen LogP contribution in [0.2, 0.25) is 0 Å². The fraction of sp³-hybridized carbons (Fsp3) is 0.294. The quantitative estimate of drug-likeness (QED) is 0.788. The number of anilines is 1. The molecule has 1 aromatic heterocycles. The molecule has 0 aliphatic carbocycles. The second-order valence-corrected chi connectivity index (χ2v) is 8.30. The molecular weight excluding hydrogens is 379 g/mol. The van der Waals surface area contributed by atoms with Crippen LogP contribution < -0.4 is 5.32 Å². The van der Waals surface area contributed by atoms with E-state index >= 15 is 0 Å². The lowest BCUT2D eigenvalue weighted by Crippen LogP contribution is -2.35. The number of rotatable bonds is 5. The summed E-state index contributed by atoms with van der Waals surface area (Å²) in [6, 6.07) is 6.94. The van der Waals surface area contributed by atoms with E-state index in [1.807, 2.05) is 11.4 Å². The van der Waals surface area contributed by atoms with Gasteiger partial charge in [-0.05, 0) is 41.6 Å². The Balaban J connectivity index is 1.52. The zero-order chi connectivity index (χ0) is 18.7. The number of amides is 2. The number of halogens is 1. The number of fused-ring (bicyclic) bond motifs is 1. The highest BCUT2D eigenvalue weighted by atomic mass is 32.3. The van der Waals surface area contributed by atoms with E-state index in [2.05, 4.69) is 5.32 Å². The molecule has 2 heterocycles. The Morgan fingerprint density at radius 2 is 2.04 bits per heavy atom. The van der Waals surface area contributed by atoms with Gasteiger partial charge in [0.1, 0.15) is 4.90 Å². The van der Waals surface area contributed by atoms with Crippen LogP contribution in [0.15, 0.2) is 40.6 Å². The maximum Gasteiger partial charge on any atom is 0.332 e. The molecule has 1 aliphatic heterocycles. The summed E-state index contributed by atoms with van der Waals surface area (Å²) >= 11 is 1.69. The number of benzene rings is 1. The van der Waals surface area contributed by atoms with Gasteiger partial charge in [-0.25, -0.2) is 0 Å². The Morgan fingerprint density at radius 1 is 1.23 bits per heavy atom. The van der Waals surface area contributed by atoms with E-state index in [0.29, 0.717) is 13.1 Å². The van der Waals surface area contributed by atoms with E-state index in [-0.39, 0.29) is 24.4 Å². The third-order valence-corrected chi connectivity index (χ3v) is 5.97. The van der Waals surface area contributed by atoms with Crippen molar-refractivity contribution in [2.45, 2.75) is 30.7 Å². The van der Waals surface area contributed by atoms with Crippen molar-refractivity contribution in [1.82, 2.24) is 4.90 Å². The van der Waals surface area contributed by atoms with Crippen molar-refractivity contribution >= 4 is 39.1 Å². The number of hydrogen-bond acceptors (Lipinski definition) is 5. The van der Waals surface area contributed by atoms with Gasteiger partial charge in [0.2, 0.25) is 11.8 Å². The molecule has 0 radical (unpaired) electrons. The van der Waals surface area contributed by atoms with Crippen LogP contribution in [0.3, 0.4) is 0 Å². The molecule has 1 aliphatic rings. The molecule has 6 nitrogen and oxygen atoms in total. The van der Waals surface area contributed by atoms with E-state index < -0.39 is 21.0 Å². The molecule has 26 heavy (non-hydrogen) atoms. The summed E-state index contributed by atoms with van der Waals surface area (Å²) in [5.74, 6) is -0.530. The summed E-state index contributed by atoms with van der Waals surface area (Å²) in [5.41, 5.74) is 1.32. The number of nitrogens with zero attached hydrogens (tertiary/aromatic N) is 1. The number of carbonyl (C=O) groups is 2. The molecule has 9 heteroatoms. The number of nitrogens with one attached hydrogen (secondary N) is 1. The topological polar surface area (TPSA) is 83.6 Å². The number of thiophene rings is 1. The molecule has 2 amide bonds. The van der Waals surface area contributed by atoms with Crippen LogP contribution in [0.1, 0.15) is 23.3 Å². The average Bonchev–Trinajstić information content (AvgIpc) is 3.07. The predicted molar refractivity (Wildman–Crippen MR) is 96.0 cm³/mol. The van der Waals surface area contributed by atoms with Crippen LogP contribution in [-0.2, 0) is 32.8 Å². The van der Waals surface area contributed by atoms with Crippen molar-refractivity contribution in [2.75, 3.05) is 11.9 Å². The molecule has 0 saturated heterocycles. The first-order valence-electron chi connectivity index (χ1n) is 8.00. The third-order valence-electron chi connectivity index (χ3n) is 4.13. The van der Waals surface area contributed by atoms with Crippen LogP contribution in [-0.4, -0.2) is 31.7 Å². The molecule has 1 N–H and O–H groups in total. The van der Waals surface area contributed by atoms with Crippen molar-refractivity contribution in [1.29, 1.82) is 0 Å². The largest absolute Gasteiger partial charge is 0.338 e. The summed E-state index contributed by atoms with van der Waals surface area (Å²) in [5, 5.41) is 4.50. The summed E-state index contributed by atoms with van der Waals surface area (Å²) in [7, 11) is -4.83. The minimum absolute atomic E-state index is 0.0293. The van der Waals surface area contributed by atoms with E-state index in [9.17, 15) is 21.9 Å². The van der Waals surface area contributed by atoms with Gasteiger partial charge in [-0.15, -0.1) is 15.2 Å². The number of hydrogen-bond donors (Lipinski definition) is 1. The zero-order valence-corrected chi connectivity index (χ0v) is 15.4. The maximum absolute atomic E-state index is 13.0. The number of carbonyl (C=O) groups excluding carboxylic acids is 2. The molecule has 0 fully saturated rings. The third kappa shape index (κ3) is 4.47. The van der Waals surface area contributed by atoms with E-state index in [0.717, 1.165) is 24.1 Å². The highest BCUT2D eigenvalue weighted by Crippen LogP contribution is 2.24. The van der Waals surface area contributed by atoms with Gasteiger partial charge >= 0.3 is 10.2 Å². The van der Waals surface area contributed by atoms with Gasteiger partial charge in [0.05, 0.1) is 0 Å². The maximum atomic E-state index is 13.0. The molecular formula is C17H17FN2O4S2. The lowest BCUT2D eigenvalue weighted by Gasteiger charge is -2.27. The smallest absolute Gasteiger partial charge is 0.332 e. The van der Waals surface area contributed by atoms with Crippen LogP contribution in [0.5, 0.6) is 0 Å². The predicted octanol–water partition coefficient (Wildman–Crippen LogP) is 2.71. The Kier molecular flexibility index (Phi) is 5.38. The Labute approximate surface area is 154 Å². The van der Waals surface area contributed by atoms with Gasteiger partial charge in [0.15, 0.2) is 0 Å². The fourth-order valence-electron chi connectivity index (χ4n) is 2.79. The summed E-state index contributed by atoms with van der Waals surface area (Å²) in [6.45, 7) is 1.21. The van der Waals surface area contributed by atoms with Gasteiger partial charge in [0.25, 0.3) is 0 Å². The molecule has 0 saturated carbocycles. The molecule has 0 unspecified atom stereocenters. The van der Waals surface area contributed by atoms with E-state index in [1.165, 1.54) is 17.0 Å². The van der Waals surface area contributed by atoms with Crippen molar-refractivity contribution in [2.24, 2.45) is 0 Å². The van der Waals surface area contributed by atoms with Crippen LogP contribution in [0.25, 0.3) is 0 Å². The summed E-state index contributed by atoms with van der Waals surface area (Å²) in [6.07, 6.45) is 0.861. The highest BCUT2D eigenvalue weighted by Gasteiger charge is 2.22. The average molecular weight is 396 g/mol. The standard InChI is InChI=1S/C17H17FN2O4S2/c18-26(23,24)14-3-1-2-13(10-14)19-16(21)4-5-17(22)20-8-6-15-12(11-20)7-9-25-15/h1-3,7,9-10H,4-6,8,11H2,(H,19,21). The molecule has 0 atom stereocenters. The summed E-state index contributed by atoms with van der Waals surface area (Å²) < 4.78 is 34.8. The first-order valence-corrected chi connectivity index (χ1v) is 10.3. The Bertz CT molecular complexity index is 940. The minimum atomic E-state index is -4.83. The normalized spacial score (nSPS) is 14.0. The molecule has 0 bridgehead atoms. The second kappa shape index (κ2) is 7.55. The van der Waals surface area contributed by atoms with Gasteiger partial charge < -0.3 is 10.2 Å². The van der Waals surface area contributed by atoms with E-state index in [1.54, 1.807) is 16.2 Å². The Morgan fingerprint density at radius 3 is 2.81 bits per heavy atom. The van der Waals surface area contributed by atoms with Crippen molar-refractivity contribution in [3.05, 3.63) is 46.2 Å². The van der Waals surface area contributed by atoms with Crippen molar-refractivity contribution in [3.8, 4) is 0 Å². The van der Waals surface area contributed by atoms with Crippen LogP contribution in [0, 0.1) is 0 Å². The summed E-state index contributed by atoms with van der Waals surface area (Å²) in [4.78, 5) is 26.8. The van der Waals surface area contributed by atoms with Gasteiger partial charge in [0, 0.05) is 36.5 Å². The fourth-order valence-corrected chi connectivity index (χ4v) is 4.19. The minimum Gasteiger partial charge on any atom is -0.338 e. The second-order valence-electron chi connectivity index (χ2n) is 5.95. The van der Waals surface area contributed by atoms with Gasteiger partial charge in [-0.2, -0.15) is 8.42 Å². The molecule has 0 spiro atoms. The van der Waals surface area contributed by atoms with Crippen molar-refractivity contribution < 1.29 is 21.9 Å². The van der Waals surface area contributed by atoms with Crippen LogP contribution in [0.4, 0.5) is 9.57 Å². The highest BCUT2D eigenvalue weighted by molar-refractivity contribution is 7.86. The van der Waals surface area contributed by atoms with Crippen LogP contribution >= 0.6 is 11.3 Å². The van der Waals surface area contributed by atoms with Gasteiger partial charge in [-0.3, -0.25) is 9.59 Å². The zero-order valence-electron chi connectivity index (χ0n) is 13.8.